The van der Waals surface area contributed by atoms with Crippen molar-refractivity contribution >= 4 is 21.9 Å². The van der Waals surface area contributed by atoms with Crippen LogP contribution in [0.15, 0.2) is 0 Å². The first kappa shape index (κ1) is 11.0. The highest BCUT2D eigenvalue weighted by atomic mass is 79.9. The molecule has 2 nitrogen and oxygen atoms in total. The largest absolute Gasteiger partial charge is 0.469 e. The molecule has 1 rings (SSSR count). The van der Waals surface area contributed by atoms with Crippen molar-refractivity contribution in [2.24, 2.45) is 5.92 Å². The van der Waals surface area contributed by atoms with Crippen LogP contribution < -0.4 is 0 Å². The van der Waals surface area contributed by atoms with Crippen LogP contribution >= 0.6 is 15.9 Å². The van der Waals surface area contributed by atoms with Crippen molar-refractivity contribution in [3.63, 3.8) is 0 Å². The zero-order valence-electron chi connectivity index (χ0n) is 7.63. The van der Waals surface area contributed by atoms with E-state index in [1.807, 2.05) is 0 Å². The van der Waals surface area contributed by atoms with Gasteiger partial charge in [0.1, 0.15) is 6.17 Å². The van der Waals surface area contributed by atoms with Crippen molar-refractivity contribution in [2.45, 2.75) is 36.7 Å². The van der Waals surface area contributed by atoms with Crippen LogP contribution in [0.5, 0.6) is 0 Å². The van der Waals surface area contributed by atoms with Gasteiger partial charge >= 0.3 is 5.97 Å². The van der Waals surface area contributed by atoms with E-state index in [4.69, 9.17) is 0 Å². The van der Waals surface area contributed by atoms with Crippen LogP contribution in [0, 0.1) is 5.92 Å². The highest BCUT2D eigenvalue weighted by Crippen LogP contribution is 2.33. The van der Waals surface area contributed by atoms with Gasteiger partial charge < -0.3 is 4.74 Å². The highest BCUT2D eigenvalue weighted by molar-refractivity contribution is 9.09. The maximum absolute atomic E-state index is 13.3. The Balaban J connectivity index is 2.41. The molecule has 3 unspecified atom stereocenters. The third-order valence-electron chi connectivity index (χ3n) is 2.48. The van der Waals surface area contributed by atoms with Gasteiger partial charge in [-0.2, -0.15) is 0 Å². The maximum Gasteiger partial charge on any atom is 0.305 e. The number of rotatable bonds is 2. The summed E-state index contributed by atoms with van der Waals surface area (Å²) in [4.78, 5) is 11.3. The number of hydrogen-bond acceptors (Lipinski definition) is 2. The Morgan fingerprint density at radius 3 is 2.92 bits per heavy atom. The molecule has 0 amide bonds. The summed E-state index contributed by atoms with van der Waals surface area (Å²) in [6.07, 6.45) is 1.51. The molecule has 3 atom stereocenters. The molecule has 13 heavy (non-hydrogen) atoms. The summed E-state index contributed by atoms with van der Waals surface area (Å²) >= 11 is 3.45. The lowest BCUT2D eigenvalue weighted by molar-refractivity contribution is -0.142. The number of alkyl halides is 2. The van der Waals surface area contributed by atoms with Crippen molar-refractivity contribution < 1.29 is 13.9 Å². The van der Waals surface area contributed by atoms with Crippen molar-refractivity contribution in [3.8, 4) is 0 Å². The lowest BCUT2D eigenvalue weighted by Gasteiger charge is -2.28. The smallest absolute Gasteiger partial charge is 0.305 e. The zero-order valence-corrected chi connectivity index (χ0v) is 9.22. The molecule has 1 saturated carbocycles. The van der Waals surface area contributed by atoms with Crippen molar-refractivity contribution in [1.82, 2.24) is 0 Å². The molecule has 4 heteroatoms. The van der Waals surface area contributed by atoms with E-state index in [9.17, 15) is 9.18 Å². The Bertz CT molecular complexity index is 186. The van der Waals surface area contributed by atoms with Crippen LogP contribution in [0.1, 0.15) is 25.7 Å². The van der Waals surface area contributed by atoms with E-state index in [1.54, 1.807) is 0 Å². The molecular weight excluding hydrogens is 239 g/mol. The van der Waals surface area contributed by atoms with Crippen molar-refractivity contribution in [1.29, 1.82) is 0 Å². The van der Waals surface area contributed by atoms with E-state index in [-0.39, 0.29) is 18.3 Å². The molecule has 0 heterocycles. The number of methoxy groups -OCH3 is 1. The van der Waals surface area contributed by atoms with Gasteiger partial charge in [-0.3, -0.25) is 4.79 Å². The SMILES string of the molecule is COC(=O)CC1CC(Br)CCC1F. The molecule has 1 aliphatic carbocycles. The highest BCUT2D eigenvalue weighted by Gasteiger charge is 2.31. The van der Waals surface area contributed by atoms with E-state index >= 15 is 0 Å². The van der Waals surface area contributed by atoms with Gasteiger partial charge in [-0.15, -0.1) is 0 Å². The predicted octanol–water partition coefficient (Wildman–Crippen LogP) is 2.45. The molecule has 0 N–H and O–H groups in total. The second-order valence-corrected chi connectivity index (χ2v) is 4.76. The van der Waals surface area contributed by atoms with Crippen LogP contribution in [0.2, 0.25) is 0 Å². The minimum Gasteiger partial charge on any atom is -0.469 e. The molecule has 0 aliphatic heterocycles. The number of halogens is 2. The molecular formula is C9H14BrFO2. The predicted molar refractivity (Wildman–Crippen MR) is 51.6 cm³/mol. The average molecular weight is 253 g/mol. The van der Waals surface area contributed by atoms with Gasteiger partial charge in [0.05, 0.1) is 13.5 Å². The lowest BCUT2D eigenvalue weighted by Crippen LogP contribution is -2.28. The van der Waals surface area contributed by atoms with Crippen LogP contribution in [0.3, 0.4) is 0 Å². The first-order chi connectivity index (χ1) is 6.13. The zero-order chi connectivity index (χ0) is 9.84. The molecule has 0 aromatic heterocycles. The summed E-state index contributed by atoms with van der Waals surface area (Å²) in [6, 6.07) is 0. The molecule has 0 saturated heterocycles. The third kappa shape index (κ3) is 3.25. The first-order valence-electron chi connectivity index (χ1n) is 4.48. The van der Waals surface area contributed by atoms with Crippen LogP contribution in [0.25, 0.3) is 0 Å². The average Bonchev–Trinajstić information content (AvgIpc) is 2.11. The monoisotopic (exact) mass is 252 g/mol. The fourth-order valence-electron chi connectivity index (χ4n) is 1.68. The normalized spacial score (nSPS) is 34.2. The van der Waals surface area contributed by atoms with Gasteiger partial charge in [-0.25, -0.2) is 4.39 Å². The Kier molecular flexibility index (Phi) is 4.16. The molecule has 1 fully saturated rings. The quantitative estimate of drug-likeness (QED) is 0.558. The van der Waals surface area contributed by atoms with Gasteiger partial charge in [0.2, 0.25) is 0 Å². The molecule has 76 valence electrons. The number of ether oxygens (including phenoxy) is 1. The van der Waals surface area contributed by atoms with Crippen LogP contribution in [-0.4, -0.2) is 24.1 Å². The number of carbonyl (C=O) groups is 1. The number of carbonyl (C=O) groups excluding carboxylic acids is 1. The Labute approximate surface area is 86.0 Å². The van der Waals surface area contributed by atoms with Crippen molar-refractivity contribution in [3.05, 3.63) is 0 Å². The van der Waals surface area contributed by atoms with Crippen LogP contribution in [-0.2, 0) is 9.53 Å². The summed E-state index contributed by atoms with van der Waals surface area (Å²) in [5.74, 6) is -0.472. The van der Waals surface area contributed by atoms with Gasteiger partial charge in [-0.05, 0) is 19.3 Å². The van der Waals surface area contributed by atoms with Gasteiger partial charge in [0, 0.05) is 10.7 Å². The Morgan fingerprint density at radius 1 is 1.62 bits per heavy atom. The molecule has 0 radical (unpaired) electrons. The third-order valence-corrected chi connectivity index (χ3v) is 3.31. The Morgan fingerprint density at radius 2 is 2.31 bits per heavy atom. The molecule has 0 bridgehead atoms. The number of hydrogen-bond donors (Lipinski definition) is 0. The maximum atomic E-state index is 13.3. The van der Waals surface area contributed by atoms with E-state index in [0.717, 1.165) is 12.8 Å². The minimum atomic E-state index is -0.840. The standard InChI is InChI=1S/C9H14BrFO2/c1-13-9(12)5-6-4-7(10)2-3-8(6)11/h6-8H,2-5H2,1H3. The van der Waals surface area contributed by atoms with Crippen LogP contribution in [0.4, 0.5) is 4.39 Å². The minimum absolute atomic E-state index is 0.162. The number of esters is 1. The van der Waals surface area contributed by atoms with E-state index < -0.39 is 6.17 Å². The topological polar surface area (TPSA) is 26.3 Å². The van der Waals surface area contributed by atoms with E-state index in [1.165, 1.54) is 7.11 Å². The van der Waals surface area contributed by atoms with Gasteiger partial charge in [0.15, 0.2) is 0 Å². The van der Waals surface area contributed by atoms with Gasteiger partial charge in [0.25, 0.3) is 0 Å². The van der Waals surface area contributed by atoms with Gasteiger partial charge in [-0.1, -0.05) is 15.9 Å². The summed E-state index contributed by atoms with van der Waals surface area (Å²) in [6.45, 7) is 0. The molecule has 1 aliphatic rings. The summed E-state index contributed by atoms with van der Waals surface area (Å²) in [5, 5.41) is 0. The lowest BCUT2D eigenvalue weighted by atomic mass is 9.85. The summed E-state index contributed by atoms with van der Waals surface area (Å²) in [5.41, 5.74) is 0. The molecule has 0 spiro atoms. The summed E-state index contributed by atoms with van der Waals surface area (Å²) in [7, 11) is 1.34. The second kappa shape index (κ2) is 4.94. The fraction of sp³-hybridized carbons (Fsp3) is 0.889. The van der Waals surface area contributed by atoms with E-state index in [0.29, 0.717) is 11.2 Å². The first-order valence-corrected chi connectivity index (χ1v) is 5.40. The van der Waals surface area contributed by atoms with Crippen molar-refractivity contribution in [2.75, 3.05) is 7.11 Å². The summed E-state index contributed by atoms with van der Waals surface area (Å²) < 4.78 is 17.8. The second-order valence-electron chi connectivity index (χ2n) is 3.47. The fourth-order valence-corrected chi connectivity index (χ4v) is 2.42. The molecule has 0 aromatic carbocycles. The van der Waals surface area contributed by atoms with E-state index in [2.05, 4.69) is 20.7 Å². The Hall–Kier alpha value is -0.120. The molecule has 0 aromatic rings.